The molecule has 216 valence electrons. The minimum Gasteiger partial charge on any atom is -0.370 e. The lowest BCUT2D eigenvalue weighted by atomic mass is 9.84. The fourth-order valence-electron chi connectivity index (χ4n) is 5.69. The maximum absolute atomic E-state index is 14.5. The summed E-state index contributed by atoms with van der Waals surface area (Å²) in [5.41, 5.74) is 0.810. The van der Waals surface area contributed by atoms with E-state index in [0.717, 1.165) is 23.5 Å². The Hall–Kier alpha value is -4.74. The van der Waals surface area contributed by atoms with Gasteiger partial charge in [0.05, 0.1) is 29.2 Å². The summed E-state index contributed by atoms with van der Waals surface area (Å²) < 4.78 is 68.8. The number of likely N-dealkylation sites (tertiary alicyclic amines) is 1. The van der Waals surface area contributed by atoms with Gasteiger partial charge in [-0.3, -0.25) is 9.78 Å². The normalized spacial score (nSPS) is 16.6. The number of carbonyl (C=O) groups excluding carboxylic acids is 1. The molecule has 2 aliphatic rings. The van der Waals surface area contributed by atoms with Crippen molar-refractivity contribution in [2.75, 3.05) is 24.7 Å². The first kappa shape index (κ1) is 27.4. The zero-order valence-electron chi connectivity index (χ0n) is 22.2. The van der Waals surface area contributed by atoms with Crippen molar-refractivity contribution in [3.8, 4) is 16.9 Å². The number of nitrogens with one attached hydrogen (secondary N) is 1. The first-order valence-corrected chi connectivity index (χ1v) is 13.2. The average molecular weight is 581 g/mol. The van der Waals surface area contributed by atoms with Crippen molar-refractivity contribution in [1.82, 2.24) is 25.0 Å². The molecule has 0 unspecified atom stereocenters. The van der Waals surface area contributed by atoms with Gasteiger partial charge in [0.25, 0.3) is 5.91 Å². The molecule has 0 bridgehead atoms. The summed E-state index contributed by atoms with van der Waals surface area (Å²) >= 11 is 0. The highest BCUT2D eigenvalue weighted by Gasteiger charge is 2.47. The summed E-state index contributed by atoms with van der Waals surface area (Å²) in [7, 11) is 0. The molecule has 2 saturated heterocycles. The third kappa shape index (κ3) is 4.76. The van der Waals surface area contributed by atoms with Crippen LogP contribution in [0.5, 0.6) is 0 Å². The molecule has 2 aromatic heterocycles. The Kier molecular flexibility index (Phi) is 6.71. The highest BCUT2D eigenvalue weighted by molar-refractivity contribution is 5.93. The van der Waals surface area contributed by atoms with Crippen LogP contribution in [0.25, 0.3) is 16.9 Å². The zero-order chi connectivity index (χ0) is 29.6. The quantitative estimate of drug-likeness (QED) is 0.310. The predicted octanol–water partition coefficient (Wildman–Crippen LogP) is 5.79. The molecule has 0 saturated carbocycles. The second-order valence-electron chi connectivity index (χ2n) is 10.3. The van der Waals surface area contributed by atoms with E-state index in [1.54, 1.807) is 35.4 Å². The van der Waals surface area contributed by atoms with E-state index in [2.05, 4.69) is 26.9 Å². The van der Waals surface area contributed by atoms with Gasteiger partial charge in [0.15, 0.2) is 5.69 Å². The number of hydrogen-bond donors (Lipinski definition) is 1. The van der Waals surface area contributed by atoms with Gasteiger partial charge in [0, 0.05) is 48.5 Å². The van der Waals surface area contributed by atoms with E-state index in [-0.39, 0.29) is 23.1 Å². The van der Waals surface area contributed by atoms with Crippen LogP contribution in [0.3, 0.4) is 0 Å². The number of aromatic nitrogens is 3. The molecule has 1 amide bonds. The van der Waals surface area contributed by atoms with Crippen LogP contribution in [-0.4, -0.2) is 50.9 Å². The first-order valence-electron chi connectivity index (χ1n) is 13.2. The number of nitrogens with zero attached hydrogens (tertiary/aromatic N) is 5. The molecule has 0 atom stereocenters. The highest BCUT2D eigenvalue weighted by Crippen LogP contribution is 2.41. The largest absolute Gasteiger partial charge is 0.419 e. The number of piperidine rings is 1. The number of hydrogen-bond acceptors (Lipinski definition) is 5. The minimum atomic E-state index is -4.85. The Morgan fingerprint density at radius 2 is 1.69 bits per heavy atom. The zero-order valence-corrected chi connectivity index (χ0v) is 22.2. The Balaban J connectivity index is 1.29. The predicted molar refractivity (Wildman–Crippen MR) is 146 cm³/mol. The number of alkyl halides is 3. The third-order valence-electron chi connectivity index (χ3n) is 7.93. The lowest BCUT2D eigenvalue weighted by molar-refractivity contribution is -0.140. The van der Waals surface area contributed by atoms with Gasteiger partial charge in [0.1, 0.15) is 11.6 Å². The van der Waals surface area contributed by atoms with Gasteiger partial charge in [-0.15, -0.1) is 0 Å². The number of carbonyl (C=O) groups is 1. The lowest BCUT2D eigenvalue weighted by Crippen LogP contribution is -2.54. The van der Waals surface area contributed by atoms with Crippen LogP contribution in [-0.2, 0) is 6.18 Å². The summed E-state index contributed by atoms with van der Waals surface area (Å²) in [5.74, 6) is -2.15. The second-order valence-corrected chi connectivity index (χ2v) is 10.3. The molecule has 1 spiro atoms. The lowest BCUT2D eigenvalue weighted by Gasteiger charge is -2.45. The molecular weight excluding hydrogens is 555 g/mol. The molecule has 0 radical (unpaired) electrons. The van der Waals surface area contributed by atoms with E-state index >= 15 is 0 Å². The van der Waals surface area contributed by atoms with Crippen molar-refractivity contribution in [3.05, 3.63) is 108 Å². The van der Waals surface area contributed by atoms with E-state index in [4.69, 9.17) is 0 Å². The van der Waals surface area contributed by atoms with Crippen LogP contribution >= 0.6 is 0 Å². The van der Waals surface area contributed by atoms with Gasteiger partial charge in [-0.05, 0) is 67.4 Å². The van der Waals surface area contributed by atoms with Crippen molar-refractivity contribution in [2.45, 2.75) is 24.6 Å². The molecule has 7 nitrogen and oxygen atoms in total. The Morgan fingerprint density at radius 1 is 0.976 bits per heavy atom. The van der Waals surface area contributed by atoms with E-state index < -0.39 is 23.1 Å². The summed E-state index contributed by atoms with van der Waals surface area (Å²) in [5, 5.41) is 7.71. The third-order valence-corrected chi connectivity index (χ3v) is 7.93. The smallest absolute Gasteiger partial charge is 0.370 e. The van der Waals surface area contributed by atoms with Gasteiger partial charge >= 0.3 is 6.18 Å². The average Bonchev–Trinajstić information content (AvgIpc) is 3.56. The van der Waals surface area contributed by atoms with Crippen LogP contribution in [0.2, 0.25) is 0 Å². The van der Waals surface area contributed by atoms with E-state index in [9.17, 15) is 26.7 Å². The number of halogens is 5. The van der Waals surface area contributed by atoms with Crippen LogP contribution in [0.1, 0.15) is 28.9 Å². The van der Waals surface area contributed by atoms with E-state index in [1.807, 2.05) is 0 Å². The SMILES string of the molecule is C=C1NCN(c2ccc(F)cc2)C12CCN(C(=O)c1cc(-c3cccnc3)n(-c3ccc(C(F)(F)F)c(F)c3)n1)CC2. The molecule has 2 aliphatic heterocycles. The molecule has 42 heavy (non-hydrogen) atoms. The Labute approximate surface area is 237 Å². The van der Waals surface area contributed by atoms with Crippen molar-refractivity contribution >= 4 is 11.6 Å². The first-order chi connectivity index (χ1) is 20.1. The van der Waals surface area contributed by atoms with Gasteiger partial charge < -0.3 is 15.1 Å². The van der Waals surface area contributed by atoms with Crippen molar-refractivity contribution < 1.29 is 26.7 Å². The van der Waals surface area contributed by atoms with Crippen molar-refractivity contribution in [1.29, 1.82) is 0 Å². The van der Waals surface area contributed by atoms with Gasteiger partial charge in [-0.1, -0.05) is 6.58 Å². The van der Waals surface area contributed by atoms with Gasteiger partial charge in [0.2, 0.25) is 0 Å². The van der Waals surface area contributed by atoms with Crippen LogP contribution in [0.4, 0.5) is 27.6 Å². The van der Waals surface area contributed by atoms with Crippen LogP contribution < -0.4 is 10.2 Å². The van der Waals surface area contributed by atoms with E-state index in [1.165, 1.54) is 29.1 Å². The number of pyridine rings is 1. The van der Waals surface area contributed by atoms with Crippen LogP contribution in [0.15, 0.2) is 85.3 Å². The number of rotatable bonds is 4. The monoisotopic (exact) mass is 580 g/mol. The molecule has 4 heterocycles. The summed E-state index contributed by atoms with van der Waals surface area (Å²) in [6.07, 6.45) is -0.656. The Morgan fingerprint density at radius 3 is 2.33 bits per heavy atom. The Bertz CT molecular complexity index is 1640. The summed E-state index contributed by atoms with van der Waals surface area (Å²) in [6, 6.07) is 13.7. The van der Waals surface area contributed by atoms with Crippen molar-refractivity contribution in [2.24, 2.45) is 0 Å². The maximum atomic E-state index is 14.5. The number of anilines is 1. The fraction of sp³-hybridized carbons (Fsp3) is 0.233. The maximum Gasteiger partial charge on any atom is 0.419 e. The van der Waals surface area contributed by atoms with Crippen LogP contribution in [0, 0.1) is 11.6 Å². The molecule has 0 aliphatic carbocycles. The molecule has 4 aromatic rings. The molecule has 2 fully saturated rings. The number of amides is 1. The molecule has 6 rings (SSSR count). The van der Waals surface area contributed by atoms with Gasteiger partial charge in [-0.25, -0.2) is 13.5 Å². The molecule has 12 heteroatoms. The van der Waals surface area contributed by atoms with E-state index in [0.29, 0.717) is 49.9 Å². The highest BCUT2D eigenvalue weighted by atomic mass is 19.4. The topological polar surface area (TPSA) is 66.3 Å². The second kappa shape index (κ2) is 10.3. The summed E-state index contributed by atoms with van der Waals surface area (Å²) in [4.78, 5) is 21.6. The summed E-state index contributed by atoms with van der Waals surface area (Å²) in [6.45, 7) is 5.46. The van der Waals surface area contributed by atoms with Gasteiger partial charge in [-0.2, -0.15) is 18.3 Å². The van der Waals surface area contributed by atoms with Crippen molar-refractivity contribution in [3.63, 3.8) is 0 Å². The molecule has 2 aromatic carbocycles. The minimum absolute atomic E-state index is 0.0271. The fourth-order valence-corrected chi connectivity index (χ4v) is 5.69. The molecular formula is C30H25F5N6O. The molecule has 1 N–H and O–H groups in total. The standard InChI is InChI=1S/C30H25F5N6O/c1-19-29(40(18-37-19)22-6-4-21(31)5-7-22)10-13-39(14-11-29)28(42)26-16-27(20-3-2-12-36-17-20)41(38-26)23-8-9-24(25(32)15-23)30(33,34)35/h2-9,12,15-17,37H,1,10-11,13-14,18H2. The number of benzene rings is 2.